The van der Waals surface area contributed by atoms with Gasteiger partial charge in [-0.05, 0) is 56.2 Å². The van der Waals surface area contributed by atoms with Crippen molar-refractivity contribution < 1.29 is 31.5 Å². The lowest BCUT2D eigenvalue weighted by Gasteiger charge is -2.15. The zero-order chi connectivity index (χ0) is 26.0. The van der Waals surface area contributed by atoms with Gasteiger partial charge in [0.1, 0.15) is 17.1 Å². The Kier molecular flexibility index (Phi) is 6.88. The van der Waals surface area contributed by atoms with Gasteiger partial charge in [-0.15, -0.1) is 0 Å². The van der Waals surface area contributed by atoms with Crippen LogP contribution >= 0.6 is 0 Å². The van der Waals surface area contributed by atoms with Crippen LogP contribution in [-0.4, -0.2) is 12.5 Å². The highest BCUT2D eigenvalue weighted by atomic mass is 19.4. The molecule has 0 aliphatic heterocycles. The maximum atomic E-state index is 13.6. The zero-order valence-electron chi connectivity index (χ0n) is 19.8. The Morgan fingerprint density at radius 1 is 1.11 bits per heavy atom. The molecule has 4 aromatic rings. The molecule has 0 aliphatic rings. The molecule has 0 spiro atoms. The number of carbonyl (C=O) groups is 1. The first-order valence-electron chi connectivity index (χ1n) is 11.2. The van der Waals surface area contributed by atoms with Gasteiger partial charge in [-0.2, -0.15) is 13.2 Å². The Bertz CT molecular complexity index is 1450. The van der Waals surface area contributed by atoms with Gasteiger partial charge >= 0.3 is 6.18 Å². The molecule has 0 atom stereocenters. The van der Waals surface area contributed by atoms with Crippen molar-refractivity contribution >= 4 is 28.1 Å². The number of amides is 1. The number of aryl methyl sites for hydroxylation is 1. The summed E-state index contributed by atoms with van der Waals surface area (Å²) in [5.74, 6) is -1.53. The van der Waals surface area contributed by atoms with Gasteiger partial charge in [-0.1, -0.05) is 30.3 Å². The van der Waals surface area contributed by atoms with E-state index in [1.165, 1.54) is 6.08 Å². The summed E-state index contributed by atoms with van der Waals surface area (Å²) in [5.41, 5.74) is 2.80. The van der Waals surface area contributed by atoms with Crippen LogP contribution in [0.2, 0.25) is 0 Å². The zero-order valence-corrected chi connectivity index (χ0v) is 19.8. The van der Waals surface area contributed by atoms with Crippen LogP contribution in [0.5, 0.6) is 5.75 Å². The fraction of sp³-hybridized carbons (Fsp3) is 0.179. The Morgan fingerprint density at radius 3 is 2.50 bits per heavy atom. The molecule has 0 unspecified atom stereocenters. The Hall–Kier alpha value is -4.07. The summed E-state index contributed by atoms with van der Waals surface area (Å²) in [6.07, 6.45) is -1.94. The largest absolute Gasteiger partial charge is 0.493 e. The van der Waals surface area contributed by atoms with E-state index in [1.54, 1.807) is 13.2 Å². The first-order valence-corrected chi connectivity index (χ1v) is 11.2. The van der Waals surface area contributed by atoms with Crippen LogP contribution in [0.3, 0.4) is 0 Å². The van der Waals surface area contributed by atoms with Crippen LogP contribution in [-0.2, 0) is 11.0 Å². The van der Waals surface area contributed by atoms with Gasteiger partial charge in [0.2, 0.25) is 5.91 Å². The minimum atomic E-state index is -4.88. The molecule has 1 heterocycles. The fourth-order valence-electron chi connectivity index (χ4n) is 4.05. The third-order valence-electron chi connectivity index (χ3n) is 5.73. The van der Waals surface area contributed by atoms with E-state index in [4.69, 9.17) is 9.15 Å². The Balaban J connectivity index is 1.73. The number of fused-ring (bicyclic) bond motifs is 1. The normalized spacial score (nSPS) is 12.1. The van der Waals surface area contributed by atoms with E-state index in [0.717, 1.165) is 28.1 Å². The smallest absolute Gasteiger partial charge is 0.419 e. The van der Waals surface area contributed by atoms with Crippen molar-refractivity contribution in [3.8, 4) is 16.9 Å². The quantitative estimate of drug-likeness (QED) is 0.217. The molecule has 0 saturated heterocycles. The fourth-order valence-corrected chi connectivity index (χ4v) is 4.05. The maximum Gasteiger partial charge on any atom is 0.419 e. The number of carbonyl (C=O) groups excluding carboxylic acids is 1. The molecule has 8 heteroatoms. The second-order valence-electron chi connectivity index (χ2n) is 8.21. The number of allylic oxidation sites excluding steroid dienone is 1. The topological polar surface area (TPSA) is 51.5 Å². The second-order valence-corrected chi connectivity index (χ2v) is 8.21. The van der Waals surface area contributed by atoms with Gasteiger partial charge in [-0.25, -0.2) is 4.39 Å². The molecule has 1 N–H and O–H groups in total. The highest BCUT2D eigenvalue weighted by Gasteiger charge is 2.34. The van der Waals surface area contributed by atoms with E-state index in [0.29, 0.717) is 41.2 Å². The number of anilines is 1. The van der Waals surface area contributed by atoms with Crippen molar-refractivity contribution in [3.05, 3.63) is 89.4 Å². The van der Waals surface area contributed by atoms with Crippen molar-refractivity contribution in [1.82, 2.24) is 0 Å². The molecule has 0 aliphatic carbocycles. The summed E-state index contributed by atoms with van der Waals surface area (Å²) in [7, 11) is 0. The number of halogens is 4. The molecule has 3 aromatic carbocycles. The number of benzene rings is 3. The number of rotatable bonds is 6. The van der Waals surface area contributed by atoms with Gasteiger partial charge in [0.25, 0.3) is 0 Å². The number of alkyl halides is 3. The average Bonchev–Trinajstić information content (AvgIpc) is 3.26. The molecular formula is C28H23F4NO3. The van der Waals surface area contributed by atoms with E-state index in [-0.39, 0.29) is 5.69 Å². The number of ether oxygens (including phenoxy) is 1. The van der Waals surface area contributed by atoms with Crippen molar-refractivity contribution in [1.29, 1.82) is 0 Å². The summed E-state index contributed by atoms with van der Waals surface area (Å²) < 4.78 is 64.4. The molecule has 1 amide bonds. The number of hydrogen-bond donors (Lipinski definition) is 1. The molecule has 186 valence electrons. The molecule has 0 fully saturated rings. The van der Waals surface area contributed by atoms with Gasteiger partial charge in [0.05, 0.1) is 18.4 Å². The number of furan rings is 1. The summed E-state index contributed by atoms with van der Waals surface area (Å²) >= 11 is 0. The molecule has 4 nitrogen and oxygen atoms in total. The highest BCUT2D eigenvalue weighted by Crippen LogP contribution is 2.41. The number of hydrogen-bond acceptors (Lipinski definition) is 3. The second kappa shape index (κ2) is 9.89. The maximum absolute atomic E-state index is 13.6. The van der Waals surface area contributed by atoms with Crippen LogP contribution in [0.4, 0.5) is 23.2 Å². The molecule has 0 radical (unpaired) electrons. The van der Waals surface area contributed by atoms with Gasteiger partial charge in [0.15, 0.2) is 0 Å². The van der Waals surface area contributed by atoms with E-state index in [2.05, 4.69) is 5.32 Å². The van der Waals surface area contributed by atoms with Crippen molar-refractivity contribution in [2.24, 2.45) is 0 Å². The van der Waals surface area contributed by atoms with E-state index in [1.807, 2.05) is 50.2 Å². The summed E-state index contributed by atoms with van der Waals surface area (Å²) in [4.78, 5) is 12.7. The van der Waals surface area contributed by atoms with Crippen LogP contribution in [0.25, 0.3) is 27.7 Å². The first kappa shape index (κ1) is 25.0. The molecule has 4 rings (SSSR count). The van der Waals surface area contributed by atoms with Crippen LogP contribution in [0.1, 0.15) is 30.5 Å². The minimum Gasteiger partial charge on any atom is -0.493 e. The summed E-state index contributed by atoms with van der Waals surface area (Å²) in [6.45, 7) is 5.78. The third kappa shape index (κ3) is 4.98. The summed E-state index contributed by atoms with van der Waals surface area (Å²) in [6, 6.07) is 13.9. The van der Waals surface area contributed by atoms with Gasteiger partial charge < -0.3 is 14.5 Å². The van der Waals surface area contributed by atoms with Crippen molar-refractivity contribution in [2.75, 3.05) is 11.9 Å². The molecule has 0 saturated carbocycles. The Labute approximate surface area is 205 Å². The molecule has 36 heavy (non-hydrogen) atoms. The Morgan fingerprint density at radius 2 is 1.83 bits per heavy atom. The minimum absolute atomic E-state index is 0.171. The van der Waals surface area contributed by atoms with Gasteiger partial charge in [-0.3, -0.25) is 4.79 Å². The van der Waals surface area contributed by atoms with Crippen LogP contribution in [0.15, 0.2) is 71.4 Å². The average molecular weight is 497 g/mol. The third-order valence-corrected chi connectivity index (χ3v) is 5.73. The summed E-state index contributed by atoms with van der Waals surface area (Å²) in [5, 5.41) is 3.21. The lowest BCUT2D eigenvalue weighted by molar-refractivity contribution is -0.140. The van der Waals surface area contributed by atoms with E-state index >= 15 is 0 Å². The highest BCUT2D eigenvalue weighted by molar-refractivity contribution is 6.06. The van der Waals surface area contributed by atoms with Crippen LogP contribution in [0, 0.1) is 12.7 Å². The SMILES string of the molecule is CCOc1c(/C(C)=C/C(=O)Nc2ccc(F)c(C(F)(F)F)c2)cc2c(-c3ccccc3)coc2c1C. The standard InChI is InChI=1S/C28H23F4NO3/c1-4-35-26-17(3)27-21(22(15-36-27)18-8-6-5-7-9-18)14-20(26)16(2)12-25(34)33-19-10-11-24(29)23(13-19)28(30,31)32/h5-15H,4H2,1-3H3,(H,33,34)/b16-12+. The van der Waals surface area contributed by atoms with E-state index in [9.17, 15) is 22.4 Å². The first-order chi connectivity index (χ1) is 17.1. The predicted octanol–water partition coefficient (Wildman–Crippen LogP) is 8.01. The number of nitrogens with one attached hydrogen (secondary N) is 1. The molecule has 0 bridgehead atoms. The molecular weight excluding hydrogens is 474 g/mol. The monoisotopic (exact) mass is 497 g/mol. The van der Waals surface area contributed by atoms with Crippen molar-refractivity contribution in [2.45, 2.75) is 26.9 Å². The van der Waals surface area contributed by atoms with E-state index < -0.39 is 23.5 Å². The van der Waals surface area contributed by atoms with Crippen molar-refractivity contribution in [3.63, 3.8) is 0 Å². The molecule has 1 aromatic heterocycles. The van der Waals surface area contributed by atoms with Crippen LogP contribution < -0.4 is 10.1 Å². The lowest BCUT2D eigenvalue weighted by atomic mass is 9.96. The van der Waals surface area contributed by atoms with Gasteiger partial charge in [0, 0.05) is 33.8 Å². The lowest BCUT2D eigenvalue weighted by Crippen LogP contribution is -2.12. The predicted molar refractivity (Wildman–Crippen MR) is 131 cm³/mol.